The van der Waals surface area contributed by atoms with Gasteiger partial charge in [-0.3, -0.25) is 0 Å². The van der Waals surface area contributed by atoms with Crippen molar-refractivity contribution in [1.29, 1.82) is 0 Å². The molecule has 1 atom stereocenters. The average molecular weight is 270 g/mol. The van der Waals surface area contributed by atoms with Crippen molar-refractivity contribution < 1.29 is 5.11 Å². The van der Waals surface area contributed by atoms with Crippen LogP contribution in [0.2, 0.25) is 0 Å². The molecule has 0 saturated carbocycles. The van der Waals surface area contributed by atoms with Crippen molar-refractivity contribution >= 4 is 16.6 Å². The Morgan fingerprint density at radius 3 is 2.95 bits per heavy atom. The second-order valence-electron chi connectivity index (χ2n) is 5.84. The number of anilines is 1. The first-order valence-electron chi connectivity index (χ1n) is 7.52. The molecule has 0 amide bonds. The maximum absolute atomic E-state index is 9.44. The van der Waals surface area contributed by atoms with Gasteiger partial charge in [-0.15, -0.1) is 0 Å². The van der Waals surface area contributed by atoms with Crippen LogP contribution in [0.4, 0.5) is 5.82 Å². The summed E-state index contributed by atoms with van der Waals surface area (Å²) in [5.41, 5.74) is 0.760. The molecule has 3 rings (SSSR count). The van der Waals surface area contributed by atoms with Gasteiger partial charge in [-0.05, 0) is 36.6 Å². The topological polar surface area (TPSA) is 36.4 Å². The third kappa shape index (κ3) is 2.63. The zero-order valence-electron chi connectivity index (χ0n) is 12.0. The van der Waals surface area contributed by atoms with Crippen LogP contribution in [0.15, 0.2) is 30.3 Å². The zero-order valence-corrected chi connectivity index (χ0v) is 12.0. The number of pyridine rings is 1. The number of aliphatic hydroxyl groups excluding tert-OH is 1. The first-order chi connectivity index (χ1) is 9.78. The fraction of sp³-hybridized carbons (Fsp3) is 0.471. The van der Waals surface area contributed by atoms with Crippen molar-refractivity contribution in [2.45, 2.75) is 32.8 Å². The Bertz CT molecular complexity index is 597. The molecule has 1 N–H and O–H groups in total. The van der Waals surface area contributed by atoms with Gasteiger partial charge in [0.2, 0.25) is 0 Å². The third-order valence-electron chi connectivity index (χ3n) is 4.25. The summed E-state index contributed by atoms with van der Waals surface area (Å²) in [6.07, 6.45) is 3.74. The van der Waals surface area contributed by atoms with E-state index in [0.717, 1.165) is 30.5 Å². The highest BCUT2D eigenvalue weighted by atomic mass is 16.3. The summed E-state index contributed by atoms with van der Waals surface area (Å²) >= 11 is 0. The van der Waals surface area contributed by atoms with Crippen molar-refractivity contribution in [3.05, 3.63) is 36.0 Å². The van der Waals surface area contributed by atoms with Crippen molar-refractivity contribution in [3.63, 3.8) is 0 Å². The van der Waals surface area contributed by atoms with Gasteiger partial charge in [-0.25, -0.2) is 4.98 Å². The lowest BCUT2D eigenvalue weighted by Crippen LogP contribution is -2.25. The fourth-order valence-corrected chi connectivity index (χ4v) is 3.03. The van der Waals surface area contributed by atoms with Crippen LogP contribution in [0.25, 0.3) is 10.8 Å². The normalized spacial score (nSPS) is 20.1. The van der Waals surface area contributed by atoms with Gasteiger partial charge in [0.25, 0.3) is 0 Å². The van der Waals surface area contributed by atoms with E-state index >= 15 is 0 Å². The smallest absolute Gasteiger partial charge is 0.136 e. The Balaban J connectivity index is 2.04. The SMILES string of the molecule is CC1CCCN(c2nc(CO)cc3ccccc23)CC1. The molecular formula is C17H22N2O. The van der Waals surface area contributed by atoms with Crippen molar-refractivity contribution in [3.8, 4) is 0 Å². The van der Waals surface area contributed by atoms with Gasteiger partial charge in [0.05, 0.1) is 12.3 Å². The minimum atomic E-state index is 0.00206. The van der Waals surface area contributed by atoms with E-state index in [0.29, 0.717) is 0 Å². The number of hydrogen-bond donors (Lipinski definition) is 1. The molecule has 3 heteroatoms. The van der Waals surface area contributed by atoms with Crippen LogP contribution in [0.1, 0.15) is 31.9 Å². The van der Waals surface area contributed by atoms with Gasteiger partial charge in [0.15, 0.2) is 0 Å². The van der Waals surface area contributed by atoms with Crippen LogP contribution in [-0.2, 0) is 6.61 Å². The minimum absolute atomic E-state index is 0.00206. The molecule has 0 spiro atoms. The summed E-state index contributed by atoms with van der Waals surface area (Å²) in [5.74, 6) is 1.84. The average Bonchev–Trinajstić information content (AvgIpc) is 2.71. The minimum Gasteiger partial charge on any atom is -0.390 e. The molecule has 1 aliphatic rings. The molecule has 0 radical (unpaired) electrons. The maximum Gasteiger partial charge on any atom is 0.136 e. The van der Waals surface area contributed by atoms with Gasteiger partial charge in [-0.1, -0.05) is 31.2 Å². The lowest BCUT2D eigenvalue weighted by molar-refractivity contribution is 0.277. The molecule has 1 unspecified atom stereocenters. The summed E-state index contributed by atoms with van der Waals surface area (Å²) in [7, 11) is 0. The van der Waals surface area contributed by atoms with Crippen molar-refractivity contribution in [2.24, 2.45) is 5.92 Å². The second-order valence-corrected chi connectivity index (χ2v) is 5.84. The molecule has 0 bridgehead atoms. The molecule has 106 valence electrons. The molecule has 1 aliphatic heterocycles. The number of aliphatic hydroxyl groups is 1. The summed E-state index contributed by atoms with van der Waals surface area (Å²) in [6, 6.07) is 10.3. The van der Waals surface area contributed by atoms with Gasteiger partial charge < -0.3 is 10.0 Å². The van der Waals surface area contributed by atoms with Gasteiger partial charge in [0.1, 0.15) is 5.82 Å². The predicted molar refractivity (Wildman–Crippen MR) is 82.9 cm³/mol. The van der Waals surface area contributed by atoms with E-state index in [9.17, 15) is 5.11 Å². The van der Waals surface area contributed by atoms with Crippen LogP contribution < -0.4 is 4.90 Å². The van der Waals surface area contributed by atoms with Crippen LogP contribution >= 0.6 is 0 Å². The Kier molecular flexibility index (Phi) is 3.88. The number of hydrogen-bond acceptors (Lipinski definition) is 3. The monoisotopic (exact) mass is 270 g/mol. The standard InChI is InChI=1S/C17H22N2O/c1-13-5-4-9-19(10-8-13)17-16-7-3-2-6-14(16)11-15(12-20)18-17/h2-3,6-7,11,13,20H,4-5,8-10,12H2,1H3. The van der Waals surface area contributed by atoms with E-state index in [1.54, 1.807) is 0 Å². The van der Waals surface area contributed by atoms with Crippen LogP contribution in [0.3, 0.4) is 0 Å². The summed E-state index contributed by atoms with van der Waals surface area (Å²) in [4.78, 5) is 7.08. The largest absolute Gasteiger partial charge is 0.390 e. The number of aromatic nitrogens is 1. The van der Waals surface area contributed by atoms with Crippen molar-refractivity contribution in [2.75, 3.05) is 18.0 Å². The molecule has 20 heavy (non-hydrogen) atoms. The quantitative estimate of drug-likeness (QED) is 0.909. The number of rotatable bonds is 2. The molecule has 1 aromatic heterocycles. The Morgan fingerprint density at radius 2 is 2.10 bits per heavy atom. The maximum atomic E-state index is 9.44. The molecule has 1 fully saturated rings. The van der Waals surface area contributed by atoms with Gasteiger partial charge in [-0.2, -0.15) is 0 Å². The highest BCUT2D eigenvalue weighted by Gasteiger charge is 2.17. The van der Waals surface area contributed by atoms with Crippen LogP contribution in [0, 0.1) is 5.92 Å². The van der Waals surface area contributed by atoms with E-state index in [1.165, 1.54) is 30.0 Å². The number of nitrogens with zero attached hydrogens (tertiary/aromatic N) is 2. The Morgan fingerprint density at radius 1 is 1.25 bits per heavy atom. The Hall–Kier alpha value is -1.61. The molecule has 0 aliphatic carbocycles. The van der Waals surface area contributed by atoms with E-state index in [-0.39, 0.29) is 6.61 Å². The first-order valence-corrected chi connectivity index (χ1v) is 7.52. The molecule has 2 heterocycles. The van der Waals surface area contributed by atoms with E-state index in [4.69, 9.17) is 0 Å². The molecule has 2 aromatic rings. The van der Waals surface area contributed by atoms with E-state index in [2.05, 4.69) is 35.0 Å². The van der Waals surface area contributed by atoms with Crippen LogP contribution in [0.5, 0.6) is 0 Å². The number of benzene rings is 1. The second kappa shape index (κ2) is 5.80. The van der Waals surface area contributed by atoms with E-state index in [1.807, 2.05) is 12.1 Å². The molecule has 1 aromatic carbocycles. The molecular weight excluding hydrogens is 248 g/mol. The highest BCUT2D eigenvalue weighted by molar-refractivity contribution is 5.92. The van der Waals surface area contributed by atoms with E-state index < -0.39 is 0 Å². The summed E-state index contributed by atoms with van der Waals surface area (Å²) in [5, 5.41) is 11.8. The highest BCUT2D eigenvalue weighted by Crippen LogP contribution is 2.28. The molecule has 3 nitrogen and oxygen atoms in total. The van der Waals surface area contributed by atoms with Gasteiger partial charge in [0, 0.05) is 18.5 Å². The lowest BCUT2D eigenvalue weighted by Gasteiger charge is -2.24. The first kappa shape index (κ1) is 13.4. The zero-order chi connectivity index (χ0) is 13.9. The summed E-state index contributed by atoms with van der Waals surface area (Å²) in [6.45, 7) is 4.46. The van der Waals surface area contributed by atoms with Crippen LogP contribution in [-0.4, -0.2) is 23.2 Å². The van der Waals surface area contributed by atoms with Crippen molar-refractivity contribution in [1.82, 2.24) is 4.98 Å². The summed E-state index contributed by atoms with van der Waals surface area (Å²) < 4.78 is 0. The third-order valence-corrected chi connectivity index (χ3v) is 4.25. The van der Waals surface area contributed by atoms with Gasteiger partial charge >= 0.3 is 0 Å². The number of fused-ring (bicyclic) bond motifs is 1. The predicted octanol–water partition coefficient (Wildman–Crippen LogP) is 3.35. The Labute approximate surface area is 120 Å². The lowest BCUT2D eigenvalue weighted by atomic mass is 10.0. The molecule has 1 saturated heterocycles. The fourth-order valence-electron chi connectivity index (χ4n) is 3.03.